The Balaban J connectivity index is 2.88. The molecule has 2 heteroatoms. The zero-order valence-electron chi connectivity index (χ0n) is 6.78. The van der Waals surface area contributed by atoms with Gasteiger partial charge in [0.1, 0.15) is 5.75 Å². The topological polar surface area (TPSA) is 33.1 Å². The van der Waals surface area contributed by atoms with Gasteiger partial charge in [-0.15, -0.1) is 0 Å². The van der Waals surface area contributed by atoms with E-state index in [0.717, 1.165) is 16.3 Å². The van der Waals surface area contributed by atoms with E-state index in [0.29, 0.717) is 5.75 Å². The normalized spacial score (nSPS) is 10.4. The van der Waals surface area contributed by atoms with Crippen LogP contribution in [0.25, 0.3) is 10.8 Å². The molecule has 0 fully saturated rings. The van der Waals surface area contributed by atoms with E-state index >= 15 is 0 Å². The van der Waals surface area contributed by atoms with Gasteiger partial charge in [-0.25, -0.2) is 0 Å². The Kier molecular flexibility index (Phi) is 1.47. The van der Waals surface area contributed by atoms with Crippen molar-refractivity contribution in [2.75, 3.05) is 0 Å². The van der Waals surface area contributed by atoms with E-state index < -0.39 is 0 Å². The molecule has 1 aromatic heterocycles. The van der Waals surface area contributed by atoms with Gasteiger partial charge in [0.05, 0.1) is 0 Å². The van der Waals surface area contributed by atoms with Crippen molar-refractivity contribution in [3.05, 3.63) is 36.2 Å². The van der Waals surface area contributed by atoms with Gasteiger partial charge in [-0.1, -0.05) is 0 Å². The lowest BCUT2D eigenvalue weighted by atomic mass is 10.1. The highest BCUT2D eigenvalue weighted by Gasteiger charge is 1.97. The molecule has 2 aromatic rings. The second-order valence-corrected chi connectivity index (χ2v) is 2.86. The van der Waals surface area contributed by atoms with Gasteiger partial charge in [0.15, 0.2) is 0 Å². The summed E-state index contributed by atoms with van der Waals surface area (Å²) < 4.78 is 0. The van der Waals surface area contributed by atoms with Crippen LogP contribution >= 0.6 is 0 Å². The molecule has 0 aliphatic rings. The Bertz CT molecular complexity index is 423. The van der Waals surface area contributed by atoms with Crippen molar-refractivity contribution in [3.63, 3.8) is 0 Å². The zero-order valence-corrected chi connectivity index (χ0v) is 6.78. The summed E-state index contributed by atoms with van der Waals surface area (Å²) >= 11 is 0. The molecule has 0 amide bonds. The van der Waals surface area contributed by atoms with E-state index in [1.165, 1.54) is 0 Å². The number of fused-ring (bicyclic) bond motifs is 1. The SMILES string of the molecule is Cc1cncc2ccc(O)cc12. The maximum Gasteiger partial charge on any atom is 0.116 e. The lowest BCUT2D eigenvalue weighted by Gasteiger charge is -2.00. The average molecular weight is 159 g/mol. The number of aryl methyl sites for hydroxylation is 1. The largest absolute Gasteiger partial charge is 0.508 e. The molecule has 0 aliphatic carbocycles. The van der Waals surface area contributed by atoms with Gasteiger partial charge in [-0.2, -0.15) is 0 Å². The molecule has 0 atom stereocenters. The Morgan fingerprint density at radius 2 is 2.08 bits per heavy atom. The van der Waals surface area contributed by atoms with Crippen LogP contribution in [0.15, 0.2) is 30.6 Å². The van der Waals surface area contributed by atoms with E-state index in [4.69, 9.17) is 0 Å². The molecule has 0 saturated heterocycles. The minimum Gasteiger partial charge on any atom is -0.508 e. The Morgan fingerprint density at radius 3 is 2.92 bits per heavy atom. The van der Waals surface area contributed by atoms with Crippen molar-refractivity contribution in [3.8, 4) is 5.75 Å². The highest BCUT2D eigenvalue weighted by molar-refractivity contribution is 5.85. The fourth-order valence-corrected chi connectivity index (χ4v) is 1.30. The Morgan fingerprint density at radius 1 is 1.25 bits per heavy atom. The first kappa shape index (κ1) is 7.10. The van der Waals surface area contributed by atoms with E-state index in [2.05, 4.69) is 4.98 Å². The van der Waals surface area contributed by atoms with E-state index in [9.17, 15) is 5.11 Å². The fraction of sp³-hybridized carbons (Fsp3) is 0.100. The van der Waals surface area contributed by atoms with Gasteiger partial charge < -0.3 is 5.11 Å². The Hall–Kier alpha value is -1.57. The van der Waals surface area contributed by atoms with Crippen molar-refractivity contribution in [1.29, 1.82) is 0 Å². The second kappa shape index (κ2) is 2.48. The third-order valence-electron chi connectivity index (χ3n) is 1.94. The molecule has 0 unspecified atom stereocenters. The third kappa shape index (κ3) is 1.01. The monoisotopic (exact) mass is 159 g/mol. The van der Waals surface area contributed by atoms with Gasteiger partial charge in [0, 0.05) is 17.8 Å². The minimum absolute atomic E-state index is 0.303. The van der Waals surface area contributed by atoms with Crippen LogP contribution in [-0.4, -0.2) is 10.1 Å². The zero-order chi connectivity index (χ0) is 8.55. The first-order valence-corrected chi connectivity index (χ1v) is 3.81. The molecule has 0 saturated carbocycles. The van der Waals surface area contributed by atoms with Crippen LogP contribution in [0.4, 0.5) is 0 Å². The van der Waals surface area contributed by atoms with Crippen LogP contribution in [0.2, 0.25) is 0 Å². The predicted octanol–water partition coefficient (Wildman–Crippen LogP) is 2.25. The number of phenols is 1. The van der Waals surface area contributed by atoms with Crippen LogP contribution in [0, 0.1) is 6.92 Å². The Labute approximate surface area is 70.5 Å². The number of pyridine rings is 1. The van der Waals surface area contributed by atoms with Gasteiger partial charge in [-0.3, -0.25) is 4.98 Å². The van der Waals surface area contributed by atoms with Crippen molar-refractivity contribution in [2.45, 2.75) is 6.92 Å². The summed E-state index contributed by atoms with van der Waals surface area (Å²) in [5, 5.41) is 11.4. The molecule has 0 spiro atoms. The van der Waals surface area contributed by atoms with E-state index in [1.807, 2.05) is 13.0 Å². The van der Waals surface area contributed by atoms with Crippen molar-refractivity contribution >= 4 is 10.8 Å². The molecule has 2 rings (SSSR count). The molecule has 0 radical (unpaired) electrons. The van der Waals surface area contributed by atoms with E-state index in [1.54, 1.807) is 24.5 Å². The molecular weight excluding hydrogens is 150 g/mol. The van der Waals surface area contributed by atoms with Crippen LogP contribution in [0.3, 0.4) is 0 Å². The van der Waals surface area contributed by atoms with Gasteiger partial charge in [0.2, 0.25) is 0 Å². The number of aromatic hydroxyl groups is 1. The molecule has 0 bridgehead atoms. The fourth-order valence-electron chi connectivity index (χ4n) is 1.30. The lowest BCUT2D eigenvalue weighted by molar-refractivity contribution is 0.476. The maximum absolute atomic E-state index is 9.23. The summed E-state index contributed by atoms with van der Waals surface area (Å²) in [6.45, 7) is 1.98. The molecule has 60 valence electrons. The summed E-state index contributed by atoms with van der Waals surface area (Å²) in [5.74, 6) is 0.303. The van der Waals surface area contributed by atoms with Crippen molar-refractivity contribution < 1.29 is 5.11 Å². The molecule has 0 aliphatic heterocycles. The van der Waals surface area contributed by atoms with Crippen LogP contribution < -0.4 is 0 Å². The third-order valence-corrected chi connectivity index (χ3v) is 1.94. The summed E-state index contributed by atoms with van der Waals surface area (Å²) in [7, 11) is 0. The molecule has 1 N–H and O–H groups in total. The summed E-state index contributed by atoms with van der Waals surface area (Å²) in [6, 6.07) is 5.29. The standard InChI is InChI=1S/C10H9NO/c1-7-5-11-6-8-2-3-9(12)4-10(7)8/h2-6,12H,1H3. The highest BCUT2D eigenvalue weighted by atomic mass is 16.3. The summed E-state index contributed by atoms with van der Waals surface area (Å²) in [4.78, 5) is 4.06. The molecule has 1 heterocycles. The first-order chi connectivity index (χ1) is 5.77. The predicted molar refractivity (Wildman–Crippen MR) is 48.1 cm³/mol. The molecular formula is C10H9NO. The summed E-state index contributed by atoms with van der Waals surface area (Å²) in [6.07, 6.45) is 3.59. The second-order valence-electron chi connectivity index (χ2n) is 2.86. The quantitative estimate of drug-likeness (QED) is 0.639. The molecule has 2 nitrogen and oxygen atoms in total. The summed E-state index contributed by atoms with van der Waals surface area (Å²) in [5.41, 5.74) is 1.09. The number of rotatable bonds is 0. The van der Waals surface area contributed by atoms with Crippen molar-refractivity contribution in [2.24, 2.45) is 0 Å². The number of phenolic OH excluding ortho intramolecular Hbond substituents is 1. The first-order valence-electron chi connectivity index (χ1n) is 3.81. The van der Waals surface area contributed by atoms with Crippen LogP contribution in [0.1, 0.15) is 5.56 Å². The maximum atomic E-state index is 9.23. The molecule has 12 heavy (non-hydrogen) atoms. The van der Waals surface area contributed by atoms with Gasteiger partial charge >= 0.3 is 0 Å². The number of aromatic nitrogens is 1. The number of benzene rings is 1. The minimum atomic E-state index is 0.303. The number of hydrogen-bond donors (Lipinski definition) is 1. The highest BCUT2D eigenvalue weighted by Crippen LogP contribution is 2.21. The number of hydrogen-bond acceptors (Lipinski definition) is 2. The van der Waals surface area contributed by atoms with Crippen molar-refractivity contribution in [1.82, 2.24) is 4.98 Å². The smallest absolute Gasteiger partial charge is 0.116 e. The van der Waals surface area contributed by atoms with E-state index in [-0.39, 0.29) is 0 Å². The average Bonchev–Trinajstić information content (AvgIpc) is 2.07. The van der Waals surface area contributed by atoms with Crippen LogP contribution in [-0.2, 0) is 0 Å². The lowest BCUT2D eigenvalue weighted by Crippen LogP contribution is -1.80. The van der Waals surface area contributed by atoms with Gasteiger partial charge in [0.25, 0.3) is 0 Å². The van der Waals surface area contributed by atoms with Crippen LogP contribution in [0.5, 0.6) is 5.75 Å². The molecule has 1 aromatic carbocycles. The van der Waals surface area contributed by atoms with Gasteiger partial charge in [-0.05, 0) is 36.1 Å². The number of nitrogens with zero attached hydrogens (tertiary/aromatic N) is 1.